The van der Waals surface area contributed by atoms with Crippen LogP contribution in [-0.4, -0.2) is 87.1 Å². The lowest BCUT2D eigenvalue weighted by molar-refractivity contribution is -0.295. The molecule has 1 aromatic rings. The van der Waals surface area contributed by atoms with E-state index in [4.69, 9.17) is 14.2 Å². The summed E-state index contributed by atoms with van der Waals surface area (Å²) in [4.78, 5) is 11.9. The first kappa shape index (κ1) is 20.4. The summed E-state index contributed by atoms with van der Waals surface area (Å²) in [6, 6.07) is 3.83. The second-order valence-electron chi connectivity index (χ2n) is 5.92. The summed E-state index contributed by atoms with van der Waals surface area (Å²) in [5.74, 6) is -1.73. The van der Waals surface area contributed by atoms with Crippen LogP contribution in [0.1, 0.15) is 5.56 Å². The second-order valence-corrected chi connectivity index (χ2v) is 5.92. The fourth-order valence-corrected chi connectivity index (χ4v) is 2.51. The Morgan fingerprint density at radius 2 is 1.85 bits per heavy atom. The lowest BCUT2D eigenvalue weighted by Gasteiger charge is -2.39. The van der Waals surface area contributed by atoms with E-state index in [1.807, 2.05) is 0 Å². The highest BCUT2D eigenvalue weighted by atomic mass is 16.7. The molecule has 1 aromatic carbocycles. The van der Waals surface area contributed by atoms with Crippen molar-refractivity contribution in [1.29, 1.82) is 0 Å². The average molecular weight is 374 g/mol. The number of benzene rings is 1. The summed E-state index contributed by atoms with van der Waals surface area (Å²) < 4.78 is 14.9. The van der Waals surface area contributed by atoms with Gasteiger partial charge in [-0.1, -0.05) is 6.07 Å². The van der Waals surface area contributed by atoms with Gasteiger partial charge in [0.25, 0.3) is 0 Å². The number of aliphatic hydroxyl groups excluding tert-OH is 4. The van der Waals surface area contributed by atoms with Crippen LogP contribution >= 0.6 is 0 Å². The minimum atomic E-state index is -1.56. The number of phenols is 2. The van der Waals surface area contributed by atoms with Crippen molar-refractivity contribution in [3.05, 3.63) is 23.8 Å². The zero-order valence-corrected chi connectivity index (χ0v) is 13.9. The van der Waals surface area contributed by atoms with E-state index in [0.717, 1.165) is 0 Å². The van der Waals surface area contributed by atoms with Crippen molar-refractivity contribution in [1.82, 2.24) is 0 Å². The molecule has 0 spiro atoms. The van der Waals surface area contributed by atoms with Gasteiger partial charge in [-0.05, 0) is 17.7 Å². The van der Waals surface area contributed by atoms with Crippen LogP contribution in [0.15, 0.2) is 18.2 Å². The van der Waals surface area contributed by atoms with Gasteiger partial charge in [0, 0.05) is 13.5 Å². The molecule has 0 bridgehead atoms. The number of aliphatic hydroxyl groups is 4. The van der Waals surface area contributed by atoms with Gasteiger partial charge in [0.1, 0.15) is 31.0 Å². The molecule has 10 nitrogen and oxygen atoms in total. The highest BCUT2D eigenvalue weighted by molar-refractivity contribution is 5.74. The third kappa shape index (κ3) is 4.61. The van der Waals surface area contributed by atoms with Crippen molar-refractivity contribution in [2.45, 2.75) is 43.2 Å². The number of methoxy groups -OCH3 is 1. The van der Waals surface area contributed by atoms with Crippen molar-refractivity contribution >= 4 is 5.97 Å². The molecular formula is C16H22O10. The first-order chi connectivity index (χ1) is 12.2. The number of hydrogen-bond acceptors (Lipinski definition) is 10. The Morgan fingerprint density at radius 1 is 1.15 bits per heavy atom. The van der Waals surface area contributed by atoms with Crippen LogP contribution in [0, 0.1) is 0 Å². The fraction of sp³-hybridized carbons (Fsp3) is 0.562. The van der Waals surface area contributed by atoms with E-state index < -0.39 is 49.4 Å². The number of aromatic hydroxyl groups is 2. The number of phenolic OH excluding ortho intramolecular Hbond substituents is 2. The first-order valence-electron chi connectivity index (χ1n) is 7.82. The number of carbonyl (C=O) groups is 1. The molecule has 1 saturated heterocycles. The van der Waals surface area contributed by atoms with Gasteiger partial charge < -0.3 is 44.8 Å². The molecule has 0 saturated carbocycles. The monoisotopic (exact) mass is 374 g/mol. The molecule has 0 radical (unpaired) electrons. The van der Waals surface area contributed by atoms with Gasteiger partial charge in [0.15, 0.2) is 23.9 Å². The van der Waals surface area contributed by atoms with E-state index in [2.05, 4.69) is 0 Å². The summed E-state index contributed by atoms with van der Waals surface area (Å²) in [5.41, 5.74) is 0.386. The molecule has 10 heteroatoms. The molecule has 0 aromatic heterocycles. The highest BCUT2D eigenvalue weighted by Gasteiger charge is 2.44. The molecule has 1 unspecified atom stereocenters. The Morgan fingerprint density at radius 3 is 2.46 bits per heavy atom. The Bertz CT molecular complexity index is 619. The minimum Gasteiger partial charge on any atom is -0.504 e. The normalized spacial score (nSPS) is 30.0. The van der Waals surface area contributed by atoms with Gasteiger partial charge in [-0.3, -0.25) is 0 Å². The zero-order valence-electron chi connectivity index (χ0n) is 13.9. The van der Waals surface area contributed by atoms with Gasteiger partial charge in [0.05, 0.1) is 0 Å². The van der Waals surface area contributed by atoms with Crippen molar-refractivity contribution in [3.63, 3.8) is 0 Å². The number of hydrogen-bond donors (Lipinski definition) is 6. The quantitative estimate of drug-likeness (QED) is 0.242. The second kappa shape index (κ2) is 8.62. The molecule has 1 fully saturated rings. The molecule has 146 valence electrons. The minimum absolute atomic E-state index is 0.178. The molecule has 26 heavy (non-hydrogen) atoms. The predicted octanol–water partition coefficient (Wildman–Crippen LogP) is -2.00. The van der Waals surface area contributed by atoms with Gasteiger partial charge in [-0.15, -0.1) is 0 Å². The number of ether oxygens (including phenoxy) is 3. The SMILES string of the molecule is CO[C@@H]1O[C@H](COC(=O)C(O)Cc2ccc(O)c(O)c2)[C@@H](O)[C@H](O)[C@H]1O. The van der Waals surface area contributed by atoms with Gasteiger partial charge >= 0.3 is 5.97 Å². The lowest BCUT2D eigenvalue weighted by Crippen LogP contribution is -2.59. The van der Waals surface area contributed by atoms with Gasteiger partial charge in [-0.25, -0.2) is 4.79 Å². The standard InChI is InChI=1S/C16H22O10/c1-24-16-14(22)13(21)12(20)11(26-16)6-25-15(23)10(19)5-7-2-3-8(17)9(18)4-7/h2-4,10-14,16-22H,5-6H2,1H3/t10?,11-,12-,13+,14-,16-/m1/s1. The van der Waals surface area contributed by atoms with Gasteiger partial charge in [0.2, 0.25) is 0 Å². The molecular weight excluding hydrogens is 352 g/mol. The van der Waals surface area contributed by atoms with E-state index in [9.17, 15) is 35.4 Å². The van der Waals surface area contributed by atoms with Crippen LogP contribution in [0.4, 0.5) is 0 Å². The van der Waals surface area contributed by atoms with Gasteiger partial charge in [-0.2, -0.15) is 0 Å². The largest absolute Gasteiger partial charge is 0.504 e. The van der Waals surface area contributed by atoms with Crippen LogP contribution in [-0.2, 0) is 25.4 Å². The summed E-state index contributed by atoms with van der Waals surface area (Å²) in [7, 11) is 1.23. The van der Waals surface area contributed by atoms with E-state index in [1.54, 1.807) is 0 Å². The summed E-state index contributed by atoms with van der Waals surface area (Å²) in [6.45, 7) is -0.485. The molecule has 2 rings (SSSR count). The van der Waals surface area contributed by atoms with Crippen molar-refractivity contribution in [2.24, 2.45) is 0 Å². The molecule has 1 heterocycles. The Labute approximate surface area is 148 Å². The van der Waals surface area contributed by atoms with Crippen LogP contribution in [0.3, 0.4) is 0 Å². The maximum atomic E-state index is 11.9. The van der Waals surface area contributed by atoms with Crippen molar-refractivity contribution < 1.29 is 49.6 Å². The van der Waals surface area contributed by atoms with E-state index in [1.165, 1.54) is 25.3 Å². The lowest BCUT2D eigenvalue weighted by atomic mass is 9.99. The predicted molar refractivity (Wildman–Crippen MR) is 84.1 cm³/mol. The van der Waals surface area contributed by atoms with E-state index in [0.29, 0.717) is 5.56 Å². The molecule has 6 N–H and O–H groups in total. The molecule has 1 aliphatic rings. The first-order valence-corrected chi connectivity index (χ1v) is 7.82. The van der Waals surface area contributed by atoms with E-state index >= 15 is 0 Å². The third-order valence-corrected chi connectivity index (χ3v) is 4.03. The Balaban J connectivity index is 1.89. The van der Waals surface area contributed by atoms with Crippen LogP contribution < -0.4 is 0 Å². The highest BCUT2D eigenvalue weighted by Crippen LogP contribution is 2.26. The smallest absolute Gasteiger partial charge is 0.335 e. The summed E-state index contributed by atoms with van der Waals surface area (Å²) in [6.07, 6.45) is -8.64. The molecule has 0 aliphatic carbocycles. The van der Waals surface area contributed by atoms with Crippen molar-refractivity contribution in [3.8, 4) is 11.5 Å². The Kier molecular flexibility index (Phi) is 6.75. The maximum absolute atomic E-state index is 11.9. The third-order valence-electron chi connectivity index (χ3n) is 4.03. The average Bonchev–Trinajstić information content (AvgIpc) is 2.62. The van der Waals surface area contributed by atoms with E-state index in [-0.39, 0.29) is 17.9 Å². The van der Waals surface area contributed by atoms with Crippen molar-refractivity contribution in [2.75, 3.05) is 13.7 Å². The topological polar surface area (TPSA) is 166 Å². The molecule has 0 amide bonds. The molecule has 6 atom stereocenters. The van der Waals surface area contributed by atoms with Crippen LogP contribution in [0.5, 0.6) is 11.5 Å². The number of esters is 1. The summed E-state index contributed by atoms with van der Waals surface area (Å²) >= 11 is 0. The number of carbonyl (C=O) groups excluding carboxylic acids is 1. The maximum Gasteiger partial charge on any atom is 0.335 e. The Hall–Kier alpha value is -1.95. The summed E-state index contributed by atoms with van der Waals surface area (Å²) in [5, 5.41) is 57.8. The van der Waals surface area contributed by atoms with Crippen LogP contribution in [0.25, 0.3) is 0 Å². The van der Waals surface area contributed by atoms with Crippen LogP contribution in [0.2, 0.25) is 0 Å². The fourth-order valence-electron chi connectivity index (χ4n) is 2.51. The number of rotatable bonds is 6. The zero-order chi connectivity index (χ0) is 19.4. The molecule has 1 aliphatic heterocycles.